The summed E-state index contributed by atoms with van der Waals surface area (Å²) < 4.78 is 0. The third-order valence-corrected chi connectivity index (χ3v) is 5.68. The summed E-state index contributed by atoms with van der Waals surface area (Å²) in [5.41, 5.74) is 0.922. The zero-order valence-corrected chi connectivity index (χ0v) is 13.7. The molecule has 22 heavy (non-hydrogen) atoms. The lowest BCUT2D eigenvalue weighted by Gasteiger charge is -2.20. The van der Waals surface area contributed by atoms with E-state index >= 15 is 0 Å². The Morgan fingerprint density at radius 3 is 2.68 bits per heavy atom. The maximum absolute atomic E-state index is 12.2. The van der Waals surface area contributed by atoms with Gasteiger partial charge in [-0.1, -0.05) is 55.7 Å². The SMILES string of the molecule is O=C(CCSC1CCCCC1)Nc1cccc2ccccc12. The van der Waals surface area contributed by atoms with Crippen molar-refractivity contribution in [3.05, 3.63) is 42.5 Å². The quantitative estimate of drug-likeness (QED) is 0.818. The van der Waals surface area contributed by atoms with E-state index in [1.54, 1.807) is 0 Å². The predicted octanol–water partition coefficient (Wildman–Crippen LogP) is 5.23. The molecule has 0 unspecified atom stereocenters. The number of thioether (sulfide) groups is 1. The first-order valence-corrected chi connectivity index (χ1v) is 9.27. The van der Waals surface area contributed by atoms with E-state index in [0.29, 0.717) is 6.42 Å². The lowest BCUT2D eigenvalue weighted by molar-refractivity contribution is -0.115. The number of hydrogen-bond acceptors (Lipinski definition) is 2. The molecule has 2 aromatic rings. The molecule has 0 radical (unpaired) electrons. The van der Waals surface area contributed by atoms with Gasteiger partial charge in [0.2, 0.25) is 5.91 Å². The Labute approximate surface area is 136 Å². The number of benzene rings is 2. The number of nitrogens with one attached hydrogen (secondary N) is 1. The van der Waals surface area contributed by atoms with Crippen molar-refractivity contribution in [2.45, 2.75) is 43.8 Å². The Hall–Kier alpha value is -1.48. The highest BCUT2D eigenvalue weighted by Crippen LogP contribution is 2.29. The highest BCUT2D eigenvalue weighted by molar-refractivity contribution is 7.99. The summed E-state index contributed by atoms with van der Waals surface area (Å²) in [4.78, 5) is 12.2. The van der Waals surface area contributed by atoms with Crippen LogP contribution in [0.2, 0.25) is 0 Å². The van der Waals surface area contributed by atoms with Crippen LogP contribution >= 0.6 is 11.8 Å². The molecule has 0 aliphatic heterocycles. The van der Waals surface area contributed by atoms with Gasteiger partial charge >= 0.3 is 0 Å². The number of amides is 1. The molecule has 0 spiro atoms. The summed E-state index contributed by atoms with van der Waals surface area (Å²) in [6, 6.07) is 14.2. The number of rotatable bonds is 5. The van der Waals surface area contributed by atoms with E-state index in [9.17, 15) is 4.79 Å². The van der Waals surface area contributed by atoms with E-state index in [-0.39, 0.29) is 5.91 Å². The smallest absolute Gasteiger partial charge is 0.225 e. The molecule has 1 fully saturated rings. The molecule has 1 aliphatic carbocycles. The molecule has 3 rings (SSSR count). The fourth-order valence-electron chi connectivity index (χ4n) is 3.10. The van der Waals surface area contributed by atoms with Crippen molar-refractivity contribution in [2.75, 3.05) is 11.1 Å². The average molecular weight is 313 g/mol. The van der Waals surface area contributed by atoms with Crippen molar-refractivity contribution in [3.8, 4) is 0 Å². The van der Waals surface area contributed by atoms with Gasteiger partial charge in [-0.15, -0.1) is 0 Å². The number of carbonyl (C=O) groups is 1. The molecular weight excluding hydrogens is 290 g/mol. The minimum Gasteiger partial charge on any atom is -0.325 e. The Morgan fingerprint density at radius 2 is 1.82 bits per heavy atom. The van der Waals surface area contributed by atoms with Crippen molar-refractivity contribution < 1.29 is 4.79 Å². The van der Waals surface area contributed by atoms with E-state index in [1.807, 2.05) is 36.0 Å². The van der Waals surface area contributed by atoms with Crippen LogP contribution in [0.5, 0.6) is 0 Å². The summed E-state index contributed by atoms with van der Waals surface area (Å²) in [6.45, 7) is 0. The second-order valence-electron chi connectivity index (χ2n) is 5.96. The topological polar surface area (TPSA) is 29.1 Å². The maximum atomic E-state index is 12.2. The summed E-state index contributed by atoms with van der Waals surface area (Å²) in [5, 5.41) is 6.12. The molecule has 3 heteroatoms. The van der Waals surface area contributed by atoms with Crippen LogP contribution in [0.25, 0.3) is 10.8 Å². The average Bonchev–Trinajstić information content (AvgIpc) is 2.56. The van der Waals surface area contributed by atoms with Gasteiger partial charge in [0.25, 0.3) is 0 Å². The van der Waals surface area contributed by atoms with Crippen molar-refractivity contribution >= 4 is 34.1 Å². The molecule has 1 N–H and O–H groups in total. The molecule has 1 amide bonds. The largest absolute Gasteiger partial charge is 0.325 e. The third kappa shape index (κ3) is 4.04. The van der Waals surface area contributed by atoms with Crippen LogP contribution < -0.4 is 5.32 Å². The second kappa shape index (κ2) is 7.68. The normalized spacial score (nSPS) is 15.8. The molecular formula is C19H23NOS. The van der Waals surface area contributed by atoms with Gasteiger partial charge in [-0.3, -0.25) is 4.79 Å². The lowest BCUT2D eigenvalue weighted by atomic mass is 10.0. The van der Waals surface area contributed by atoms with E-state index in [0.717, 1.165) is 27.5 Å². The van der Waals surface area contributed by atoms with Gasteiger partial charge in [0.1, 0.15) is 0 Å². The second-order valence-corrected chi connectivity index (χ2v) is 7.36. The van der Waals surface area contributed by atoms with Crippen molar-refractivity contribution in [1.29, 1.82) is 0 Å². The van der Waals surface area contributed by atoms with E-state index in [2.05, 4.69) is 23.5 Å². The minimum absolute atomic E-state index is 0.125. The Bertz CT molecular complexity index is 629. The van der Waals surface area contributed by atoms with Crippen molar-refractivity contribution in [3.63, 3.8) is 0 Å². The molecule has 2 aromatic carbocycles. The molecule has 2 nitrogen and oxygen atoms in total. The number of carbonyl (C=O) groups excluding carboxylic acids is 1. The van der Waals surface area contributed by atoms with Gasteiger partial charge < -0.3 is 5.32 Å². The first kappa shape index (κ1) is 15.4. The monoisotopic (exact) mass is 313 g/mol. The van der Waals surface area contributed by atoms with Crippen molar-refractivity contribution in [1.82, 2.24) is 0 Å². The van der Waals surface area contributed by atoms with Crippen LogP contribution in [0.1, 0.15) is 38.5 Å². The molecule has 0 aromatic heterocycles. The molecule has 0 saturated heterocycles. The van der Waals surface area contributed by atoms with Crippen LogP contribution in [0, 0.1) is 0 Å². The van der Waals surface area contributed by atoms with E-state index in [1.165, 1.54) is 32.1 Å². The molecule has 116 valence electrons. The first-order valence-electron chi connectivity index (χ1n) is 8.22. The molecule has 1 aliphatic rings. The van der Waals surface area contributed by atoms with Gasteiger partial charge in [0.15, 0.2) is 0 Å². The Balaban J connectivity index is 1.52. The fourth-order valence-corrected chi connectivity index (χ4v) is 4.40. The summed E-state index contributed by atoms with van der Waals surface area (Å²) in [5.74, 6) is 1.06. The fraction of sp³-hybridized carbons (Fsp3) is 0.421. The molecule has 0 atom stereocenters. The van der Waals surface area contributed by atoms with Crippen LogP contribution in [0.3, 0.4) is 0 Å². The molecule has 1 saturated carbocycles. The summed E-state index contributed by atoms with van der Waals surface area (Å²) in [6.07, 6.45) is 7.37. The summed E-state index contributed by atoms with van der Waals surface area (Å²) in [7, 11) is 0. The first-order chi connectivity index (χ1) is 10.8. The van der Waals surface area contributed by atoms with Crippen LogP contribution in [-0.2, 0) is 4.79 Å². The maximum Gasteiger partial charge on any atom is 0.225 e. The predicted molar refractivity (Wildman–Crippen MR) is 96.5 cm³/mol. The zero-order chi connectivity index (χ0) is 15.2. The zero-order valence-electron chi connectivity index (χ0n) is 12.9. The lowest BCUT2D eigenvalue weighted by Crippen LogP contribution is -2.14. The number of anilines is 1. The van der Waals surface area contributed by atoms with Crippen LogP contribution in [0.15, 0.2) is 42.5 Å². The number of hydrogen-bond donors (Lipinski definition) is 1. The Kier molecular flexibility index (Phi) is 5.38. The van der Waals surface area contributed by atoms with Gasteiger partial charge in [-0.25, -0.2) is 0 Å². The molecule has 0 bridgehead atoms. The van der Waals surface area contributed by atoms with Crippen LogP contribution in [-0.4, -0.2) is 16.9 Å². The van der Waals surface area contributed by atoms with Crippen LogP contribution in [0.4, 0.5) is 5.69 Å². The highest BCUT2D eigenvalue weighted by atomic mass is 32.2. The summed E-state index contributed by atoms with van der Waals surface area (Å²) >= 11 is 1.98. The van der Waals surface area contributed by atoms with Gasteiger partial charge in [0.05, 0.1) is 0 Å². The number of fused-ring (bicyclic) bond motifs is 1. The van der Waals surface area contributed by atoms with Crippen molar-refractivity contribution in [2.24, 2.45) is 0 Å². The van der Waals surface area contributed by atoms with Gasteiger partial charge in [0, 0.05) is 28.5 Å². The molecule has 0 heterocycles. The third-order valence-electron chi connectivity index (χ3n) is 4.30. The van der Waals surface area contributed by atoms with E-state index in [4.69, 9.17) is 0 Å². The van der Waals surface area contributed by atoms with E-state index < -0.39 is 0 Å². The Morgan fingerprint density at radius 1 is 1.05 bits per heavy atom. The van der Waals surface area contributed by atoms with Gasteiger partial charge in [-0.2, -0.15) is 11.8 Å². The minimum atomic E-state index is 0.125. The van der Waals surface area contributed by atoms with Gasteiger partial charge in [-0.05, 0) is 24.3 Å². The highest BCUT2D eigenvalue weighted by Gasteiger charge is 2.14. The standard InChI is InChI=1S/C19H23NOS/c21-19(13-14-22-16-9-2-1-3-10-16)20-18-12-6-8-15-7-4-5-11-17(15)18/h4-8,11-12,16H,1-3,9-10,13-14H2,(H,20,21).